The van der Waals surface area contributed by atoms with E-state index in [9.17, 15) is 0 Å². The molecule has 0 amide bonds. The number of rotatable bonds is 3. The highest BCUT2D eigenvalue weighted by atomic mass is 15.3. The van der Waals surface area contributed by atoms with Gasteiger partial charge < -0.3 is 5.32 Å². The monoisotopic (exact) mass is 207 g/mol. The Balaban J connectivity index is 1.84. The summed E-state index contributed by atoms with van der Waals surface area (Å²) in [6.07, 6.45) is 8.88. The predicted molar refractivity (Wildman–Crippen MR) is 61.7 cm³/mol. The Hall–Kier alpha value is -0.830. The molecule has 1 aromatic heterocycles. The van der Waals surface area contributed by atoms with Crippen LogP contribution in [0, 0.1) is 6.92 Å². The van der Waals surface area contributed by atoms with Gasteiger partial charge in [-0.2, -0.15) is 5.10 Å². The number of aromatic nitrogens is 2. The zero-order valence-corrected chi connectivity index (χ0v) is 9.79. The third-order valence-corrected chi connectivity index (χ3v) is 3.52. The maximum Gasteiger partial charge on any atom is 0.0537 e. The Labute approximate surface area is 91.9 Å². The van der Waals surface area contributed by atoms with Crippen molar-refractivity contribution >= 4 is 0 Å². The summed E-state index contributed by atoms with van der Waals surface area (Å²) in [6.45, 7) is 3.11. The number of hydrogen-bond donors (Lipinski definition) is 1. The Kier molecular flexibility index (Phi) is 3.41. The molecule has 1 saturated carbocycles. The SMILES string of the molecule is Cc1c(CNC2CCCCC2)cnn1C. The second-order valence-corrected chi connectivity index (χ2v) is 4.59. The summed E-state index contributed by atoms with van der Waals surface area (Å²) in [4.78, 5) is 0. The molecule has 1 aliphatic carbocycles. The van der Waals surface area contributed by atoms with Crippen molar-refractivity contribution in [2.45, 2.75) is 51.6 Å². The maximum absolute atomic E-state index is 4.26. The molecule has 2 rings (SSSR count). The summed E-state index contributed by atoms with van der Waals surface area (Å²) in [7, 11) is 2.00. The molecule has 1 aliphatic rings. The van der Waals surface area contributed by atoms with Crippen LogP contribution < -0.4 is 5.32 Å². The highest BCUT2D eigenvalue weighted by Crippen LogP contribution is 2.18. The third-order valence-electron chi connectivity index (χ3n) is 3.52. The fourth-order valence-corrected chi connectivity index (χ4v) is 2.28. The van der Waals surface area contributed by atoms with E-state index < -0.39 is 0 Å². The van der Waals surface area contributed by atoms with E-state index in [-0.39, 0.29) is 0 Å². The van der Waals surface area contributed by atoms with E-state index in [4.69, 9.17) is 0 Å². The van der Waals surface area contributed by atoms with E-state index in [0.717, 1.165) is 12.6 Å². The standard InChI is InChI=1S/C12H21N3/c1-10-11(9-14-15(10)2)8-13-12-6-4-3-5-7-12/h9,12-13H,3-8H2,1-2H3. The van der Waals surface area contributed by atoms with E-state index >= 15 is 0 Å². The van der Waals surface area contributed by atoms with Crippen LogP contribution in [0.4, 0.5) is 0 Å². The predicted octanol–water partition coefficient (Wildman–Crippen LogP) is 2.15. The fourth-order valence-electron chi connectivity index (χ4n) is 2.28. The van der Waals surface area contributed by atoms with Crippen molar-refractivity contribution in [3.63, 3.8) is 0 Å². The summed E-state index contributed by atoms with van der Waals surface area (Å²) in [6, 6.07) is 0.735. The van der Waals surface area contributed by atoms with E-state index in [0.29, 0.717) is 0 Å². The van der Waals surface area contributed by atoms with E-state index in [1.807, 2.05) is 17.9 Å². The number of hydrogen-bond acceptors (Lipinski definition) is 2. The van der Waals surface area contributed by atoms with Gasteiger partial charge in [-0.15, -0.1) is 0 Å². The van der Waals surface area contributed by atoms with Gasteiger partial charge in [0.1, 0.15) is 0 Å². The minimum atomic E-state index is 0.735. The van der Waals surface area contributed by atoms with Crippen molar-refractivity contribution in [3.05, 3.63) is 17.5 Å². The smallest absolute Gasteiger partial charge is 0.0537 e. The molecule has 1 aromatic rings. The number of nitrogens with zero attached hydrogens (tertiary/aromatic N) is 2. The minimum Gasteiger partial charge on any atom is -0.310 e. The van der Waals surface area contributed by atoms with Crippen LogP contribution in [0.1, 0.15) is 43.4 Å². The van der Waals surface area contributed by atoms with E-state index in [1.165, 1.54) is 43.4 Å². The maximum atomic E-state index is 4.26. The molecular formula is C12H21N3. The van der Waals surface area contributed by atoms with Gasteiger partial charge in [0.15, 0.2) is 0 Å². The molecule has 15 heavy (non-hydrogen) atoms. The molecule has 84 valence electrons. The lowest BCUT2D eigenvalue weighted by atomic mass is 9.95. The molecule has 1 heterocycles. The second-order valence-electron chi connectivity index (χ2n) is 4.59. The molecule has 3 nitrogen and oxygen atoms in total. The van der Waals surface area contributed by atoms with Gasteiger partial charge in [-0.1, -0.05) is 19.3 Å². The first-order valence-corrected chi connectivity index (χ1v) is 5.98. The first-order chi connectivity index (χ1) is 7.27. The Morgan fingerprint density at radius 1 is 1.40 bits per heavy atom. The van der Waals surface area contributed by atoms with Gasteiger partial charge in [-0.25, -0.2) is 0 Å². The largest absolute Gasteiger partial charge is 0.310 e. The first-order valence-electron chi connectivity index (χ1n) is 5.98. The van der Waals surface area contributed by atoms with Crippen molar-refractivity contribution in [1.82, 2.24) is 15.1 Å². The molecule has 1 N–H and O–H groups in total. The van der Waals surface area contributed by atoms with Gasteiger partial charge in [0.2, 0.25) is 0 Å². The molecule has 0 saturated heterocycles. The van der Waals surface area contributed by atoms with Gasteiger partial charge in [0.05, 0.1) is 6.20 Å². The average Bonchev–Trinajstić information content (AvgIpc) is 2.59. The zero-order valence-electron chi connectivity index (χ0n) is 9.79. The van der Waals surface area contributed by atoms with E-state index in [2.05, 4.69) is 17.3 Å². The van der Waals surface area contributed by atoms with Crippen LogP contribution in [-0.2, 0) is 13.6 Å². The molecule has 0 bridgehead atoms. The minimum absolute atomic E-state index is 0.735. The third kappa shape index (κ3) is 2.59. The lowest BCUT2D eigenvalue weighted by Gasteiger charge is -2.22. The van der Waals surface area contributed by atoms with Gasteiger partial charge >= 0.3 is 0 Å². The molecule has 0 radical (unpaired) electrons. The summed E-state index contributed by atoms with van der Waals surface area (Å²) in [5.41, 5.74) is 2.61. The van der Waals surface area contributed by atoms with Gasteiger partial charge in [-0.05, 0) is 19.8 Å². The highest BCUT2D eigenvalue weighted by Gasteiger charge is 2.13. The lowest BCUT2D eigenvalue weighted by molar-refractivity contribution is 0.372. The molecule has 0 aromatic carbocycles. The lowest BCUT2D eigenvalue weighted by Crippen LogP contribution is -2.30. The Morgan fingerprint density at radius 3 is 2.73 bits per heavy atom. The topological polar surface area (TPSA) is 29.9 Å². The van der Waals surface area contributed by atoms with Crippen molar-refractivity contribution in [2.75, 3.05) is 0 Å². The highest BCUT2D eigenvalue weighted by molar-refractivity contribution is 5.15. The van der Waals surface area contributed by atoms with Crippen molar-refractivity contribution < 1.29 is 0 Å². The summed E-state index contributed by atoms with van der Waals surface area (Å²) in [5, 5.41) is 7.90. The Bertz CT molecular complexity index is 311. The van der Waals surface area contributed by atoms with E-state index in [1.54, 1.807) is 0 Å². The van der Waals surface area contributed by atoms with Gasteiger partial charge in [0.25, 0.3) is 0 Å². The average molecular weight is 207 g/mol. The van der Waals surface area contributed by atoms with Crippen LogP contribution in [-0.4, -0.2) is 15.8 Å². The second kappa shape index (κ2) is 4.79. The molecule has 0 atom stereocenters. The number of nitrogens with one attached hydrogen (secondary N) is 1. The van der Waals surface area contributed by atoms with Crippen LogP contribution in [0.2, 0.25) is 0 Å². The van der Waals surface area contributed by atoms with Crippen LogP contribution in [0.3, 0.4) is 0 Å². The zero-order chi connectivity index (χ0) is 10.7. The summed E-state index contributed by atoms with van der Waals surface area (Å²) in [5.74, 6) is 0. The van der Waals surface area contributed by atoms with Gasteiger partial charge in [-0.3, -0.25) is 4.68 Å². The van der Waals surface area contributed by atoms with Crippen LogP contribution in [0.25, 0.3) is 0 Å². The van der Waals surface area contributed by atoms with Crippen LogP contribution in [0.5, 0.6) is 0 Å². The molecular weight excluding hydrogens is 186 g/mol. The first kappa shape index (κ1) is 10.7. The quantitative estimate of drug-likeness (QED) is 0.823. The summed E-state index contributed by atoms with van der Waals surface area (Å²) < 4.78 is 1.94. The molecule has 0 aliphatic heterocycles. The summed E-state index contributed by atoms with van der Waals surface area (Å²) >= 11 is 0. The van der Waals surface area contributed by atoms with Crippen molar-refractivity contribution in [2.24, 2.45) is 7.05 Å². The van der Waals surface area contributed by atoms with Crippen LogP contribution >= 0.6 is 0 Å². The molecule has 3 heteroatoms. The normalized spacial score (nSPS) is 18.3. The fraction of sp³-hybridized carbons (Fsp3) is 0.750. The van der Waals surface area contributed by atoms with Crippen molar-refractivity contribution in [1.29, 1.82) is 0 Å². The van der Waals surface area contributed by atoms with Gasteiger partial charge in [0, 0.05) is 30.9 Å². The molecule has 0 unspecified atom stereocenters. The molecule has 1 fully saturated rings. The van der Waals surface area contributed by atoms with Crippen molar-refractivity contribution in [3.8, 4) is 0 Å². The Morgan fingerprint density at radius 2 is 2.13 bits per heavy atom. The number of aryl methyl sites for hydroxylation is 1. The van der Waals surface area contributed by atoms with Crippen LogP contribution in [0.15, 0.2) is 6.20 Å². The molecule has 0 spiro atoms.